The lowest BCUT2D eigenvalue weighted by atomic mass is 9.85. The minimum absolute atomic E-state index is 0.0974. The summed E-state index contributed by atoms with van der Waals surface area (Å²) in [7, 11) is 0. The smallest absolute Gasteiger partial charge is 0.237 e. The molecule has 0 radical (unpaired) electrons. The summed E-state index contributed by atoms with van der Waals surface area (Å²) < 4.78 is 0. The maximum absolute atomic E-state index is 12.4. The second-order valence-electron chi connectivity index (χ2n) is 6.48. The fraction of sp³-hybridized carbons (Fsp3) is 0.941. The average Bonchev–Trinajstić information content (AvgIpc) is 2.45. The first-order valence-corrected chi connectivity index (χ1v) is 8.44. The molecular formula is C17H36N2O. The molecule has 2 unspecified atom stereocenters. The molecule has 1 heterocycles. The molecule has 1 fully saturated rings. The third-order valence-corrected chi connectivity index (χ3v) is 4.09. The van der Waals surface area contributed by atoms with Crippen molar-refractivity contribution in [3.63, 3.8) is 0 Å². The van der Waals surface area contributed by atoms with E-state index in [9.17, 15) is 4.79 Å². The molecule has 3 heteroatoms. The van der Waals surface area contributed by atoms with E-state index in [0.29, 0.717) is 0 Å². The number of hydrogen-bond donors (Lipinski definition) is 1. The van der Waals surface area contributed by atoms with E-state index in [4.69, 9.17) is 0 Å². The van der Waals surface area contributed by atoms with Gasteiger partial charge >= 0.3 is 0 Å². The fourth-order valence-electron chi connectivity index (χ4n) is 2.87. The third-order valence-electron chi connectivity index (χ3n) is 4.09. The predicted molar refractivity (Wildman–Crippen MR) is 87.9 cm³/mol. The quantitative estimate of drug-likeness (QED) is 0.851. The summed E-state index contributed by atoms with van der Waals surface area (Å²) in [4.78, 5) is 14.7. The highest BCUT2D eigenvalue weighted by atomic mass is 16.2. The minimum Gasteiger partial charge on any atom is -0.351 e. The number of rotatable bonds is 4. The van der Waals surface area contributed by atoms with Gasteiger partial charge in [-0.2, -0.15) is 0 Å². The van der Waals surface area contributed by atoms with Crippen molar-refractivity contribution in [2.75, 3.05) is 13.1 Å². The van der Waals surface area contributed by atoms with Gasteiger partial charge in [0.05, 0.1) is 6.04 Å². The number of piperidine rings is 1. The summed E-state index contributed by atoms with van der Waals surface area (Å²) in [5.41, 5.74) is 0.135. The van der Waals surface area contributed by atoms with Gasteiger partial charge in [0, 0.05) is 6.04 Å². The Kier molecular flexibility index (Phi) is 9.11. The van der Waals surface area contributed by atoms with Crippen LogP contribution in [0.25, 0.3) is 0 Å². The predicted octanol–water partition coefficient (Wildman–Crippen LogP) is 3.83. The summed E-state index contributed by atoms with van der Waals surface area (Å²) >= 11 is 0. The molecule has 0 aliphatic carbocycles. The lowest BCUT2D eigenvalue weighted by Crippen LogP contribution is -2.53. The molecule has 0 spiro atoms. The number of amides is 1. The Bertz CT molecular complexity index is 271. The highest BCUT2D eigenvalue weighted by Crippen LogP contribution is 2.23. The van der Waals surface area contributed by atoms with E-state index >= 15 is 0 Å². The minimum atomic E-state index is 0.0974. The molecule has 1 aliphatic rings. The van der Waals surface area contributed by atoms with Crippen LogP contribution in [-0.2, 0) is 4.79 Å². The van der Waals surface area contributed by atoms with Crippen LogP contribution in [0.15, 0.2) is 0 Å². The van der Waals surface area contributed by atoms with E-state index in [1.165, 1.54) is 12.8 Å². The molecule has 1 aliphatic heterocycles. The topological polar surface area (TPSA) is 32.3 Å². The highest BCUT2D eigenvalue weighted by Gasteiger charge is 2.31. The van der Waals surface area contributed by atoms with Gasteiger partial charge < -0.3 is 5.32 Å². The van der Waals surface area contributed by atoms with Crippen LogP contribution < -0.4 is 5.32 Å². The van der Waals surface area contributed by atoms with E-state index in [1.807, 2.05) is 13.8 Å². The van der Waals surface area contributed by atoms with Crippen molar-refractivity contribution in [1.82, 2.24) is 10.2 Å². The standard InChI is InChI=1S/C15H30N2O.C2H6/c1-6-13(15(3,4)5)16-14(18)12-10-8-9-11-17(12)7-2;1-2/h12-13H,6-11H2,1-5H3,(H,16,18);1-2H3. The Morgan fingerprint density at radius 2 is 1.85 bits per heavy atom. The van der Waals surface area contributed by atoms with Crippen LogP contribution in [0, 0.1) is 5.41 Å². The van der Waals surface area contributed by atoms with Crippen molar-refractivity contribution in [2.24, 2.45) is 5.41 Å². The molecule has 120 valence electrons. The van der Waals surface area contributed by atoms with Gasteiger partial charge in [0.15, 0.2) is 0 Å². The highest BCUT2D eigenvalue weighted by molar-refractivity contribution is 5.82. The number of nitrogens with zero attached hydrogens (tertiary/aromatic N) is 1. The van der Waals surface area contributed by atoms with E-state index in [-0.39, 0.29) is 23.4 Å². The first kappa shape index (κ1) is 19.4. The molecular weight excluding hydrogens is 248 g/mol. The van der Waals surface area contributed by atoms with Crippen molar-refractivity contribution in [1.29, 1.82) is 0 Å². The van der Waals surface area contributed by atoms with Crippen molar-refractivity contribution >= 4 is 5.91 Å². The SMILES string of the molecule is CC.CCC(NC(=O)C1CCCCN1CC)C(C)(C)C. The van der Waals surface area contributed by atoms with Gasteiger partial charge in [-0.05, 0) is 37.8 Å². The Hall–Kier alpha value is -0.570. The normalized spacial score (nSPS) is 21.6. The Balaban J connectivity index is 0.00000172. The molecule has 1 saturated heterocycles. The van der Waals surface area contributed by atoms with Crippen LogP contribution in [0.1, 0.15) is 74.1 Å². The average molecular weight is 284 g/mol. The van der Waals surface area contributed by atoms with E-state index in [1.54, 1.807) is 0 Å². The zero-order valence-corrected chi connectivity index (χ0v) is 14.8. The van der Waals surface area contributed by atoms with Crippen molar-refractivity contribution < 1.29 is 4.79 Å². The Morgan fingerprint density at radius 1 is 1.25 bits per heavy atom. The van der Waals surface area contributed by atoms with Crippen LogP contribution in [0.5, 0.6) is 0 Å². The monoisotopic (exact) mass is 284 g/mol. The number of likely N-dealkylation sites (N-methyl/N-ethyl adjacent to an activating group) is 1. The Labute approximate surface area is 126 Å². The van der Waals surface area contributed by atoms with Crippen molar-refractivity contribution in [3.8, 4) is 0 Å². The fourth-order valence-corrected chi connectivity index (χ4v) is 2.87. The molecule has 0 aromatic carbocycles. The van der Waals surface area contributed by atoms with Crippen LogP contribution in [-0.4, -0.2) is 36.0 Å². The number of nitrogens with one attached hydrogen (secondary N) is 1. The third kappa shape index (κ3) is 5.82. The van der Waals surface area contributed by atoms with Crippen LogP contribution in [0.2, 0.25) is 0 Å². The summed E-state index contributed by atoms with van der Waals surface area (Å²) in [6.07, 6.45) is 4.42. The lowest BCUT2D eigenvalue weighted by molar-refractivity contribution is -0.129. The van der Waals surface area contributed by atoms with Gasteiger partial charge in [-0.3, -0.25) is 9.69 Å². The summed E-state index contributed by atoms with van der Waals surface area (Å²) in [5, 5.41) is 3.26. The molecule has 1 rings (SSSR count). The molecule has 2 atom stereocenters. The maximum Gasteiger partial charge on any atom is 0.237 e. The molecule has 0 bridgehead atoms. The molecule has 20 heavy (non-hydrogen) atoms. The van der Waals surface area contributed by atoms with Gasteiger partial charge in [0.1, 0.15) is 0 Å². The zero-order valence-electron chi connectivity index (χ0n) is 14.8. The van der Waals surface area contributed by atoms with Crippen LogP contribution >= 0.6 is 0 Å². The van der Waals surface area contributed by atoms with Crippen LogP contribution in [0.4, 0.5) is 0 Å². The second kappa shape index (κ2) is 9.38. The Morgan fingerprint density at radius 3 is 2.30 bits per heavy atom. The van der Waals surface area contributed by atoms with Gasteiger partial charge in [-0.25, -0.2) is 0 Å². The van der Waals surface area contributed by atoms with Gasteiger partial charge in [0.25, 0.3) is 0 Å². The number of hydrogen-bond acceptors (Lipinski definition) is 2. The van der Waals surface area contributed by atoms with Gasteiger partial charge in [-0.15, -0.1) is 0 Å². The molecule has 3 nitrogen and oxygen atoms in total. The summed E-state index contributed by atoms with van der Waals surface area (Å²) in [5.74, 6) is 0.235. The molecule has 0 aromatic rings. The number of carbonyl (C=O) groups is 1. The molecule has 1 N–H and O–H groups in total. The number of likely N-dealkylation sites (tertiary alicyclic amines) is 1. The molecule has 0 aromatic heterocycles. The first-order chi connectivity index (χ1) is 9.40. The summed E-state index contributed by atoms with van der Waals surface area (Å²) in [6.45, 7) is 16.9. The summed E-state index contributed by atoms with van der Waals surface area (Å²) in [6, 6.07) is 0.366. The first-order valence-electron chi connectivity index (χ1n) is 8.44. The lowest BCUT2D eigenvalue weighted by Gasteiger charge is -2.37. The maximum atomic E-state index is 12.4. The van der Waals surface area contributed by atoms with Crippen molar-refractivity contribution in [2.45, 2.75) is 86.2 Å². The van der Waals surface area contributed by atoms with E-state index in [0.717, 1.165) is 25.9 Å². The van der Waals surface area contributed by atoms with Crippen LogP contribution in [0.3, 0.4) is 0 Å². The van der Waals surface area contributed by atoms with E-state index < -0.39 is 0 Å². The zero-order chi connectivity index (χ0) is 15.8. The molecule has 0 saturated carbocycles. The second-order valence-corrected chi connectivity index (χ2v) is 6.48. The van der Waals surface area contributed by atoms with Crippen molar-refractivity contribution in [3.05, 3.63) is 0 Å². The van der Waals surface area contributed by atoms with Gasteiger partial charge in [0.2, 0.25) is 5.91 Å². The van der Waals surface area contributed by atoms with E-state index in [2.05, 4.69) is 44.8 Å². The van der Waals surface area contributed by atoms with Gasteiger partial charge in [-0.1, -0.05) is 54.9 Å². The molecule has 1 amide bonds. The largest absolute Gasteiger partial charge is 0.351 e. The number of carbonyl (C=O) groups excluding carboxylic acids is 1.